The normalized spacial score (nSPS) is 21.0. The number of rotatable bonds is 3. The average Bonchev–Trinajstić information content (AvgIpc) is 2.58. The summed E-state index contributed by atoms with van der Waals surface area (Å²) in [5, 5.41) is 6.30. The quantitative estimate of drug-likeness (QED) is 0.914. The number of pyridine rings is 1. The number of anilines is 2. The summed E-state index contributed by atoms with van der Waals surface area (Å²) in [4.78, 5) is 18.9. The van der Waals surface area contributed by atoms with Gasteiger partial charge in [-0.2, -0.15) is 0 Å². The van der Waals surface area contributed by atoms with Gasteiger partial charge in [0.05, 0.1) is 11.9 Å². The second kappa shape index (κ2) is 6.79. The van der Waals surface area contributed by atoms with Crippen LogP contribution in [0.25, 0.3) is 0 Å². The van der Waals surface area contributed by atoms with E-state index in [1.54, 1.807) is 12.1 Å². The third-order valence-electron chi connectivity index (χ3n) is 4.12. The number of hydrogen-bond donors (Lipinski definition) is 2. The topological polar surface area (TPSA) is 57.3 Å². The highest BCUT2D eigenvalue weighted by atomic mass is 16.1. The minimum atomic E-state index is -0.144. The average molecular weight is 310 g/mol. The van der Waals surface area contributed by atoms with Crippen LogP contribution in [0.1, 0.15) is 24.2 Å². The highest BCUT2D eigenvalue weighted by Gasteiger charge is 2.22. The fourth-order valence-electron chi connectivity index (χ4n) is 2.79. The second-order valence-corrected chi connectivity index (χ2v) is 6.03. The Bertz CT molecular complexity index is 656. The molecule has 2 heterocycles. The molecule has 1 fully saturated rings. The highest BCUT2D eigenvalue weighted by Crippen LogP contribution is 2.20. The molecule has 3 rings (SSSR count). The van der Waals surface area contributed by atoms with Crippen molar-refractivity contribution in [1.29, 1.82) is 0 Å². The van der Waals surface area contributed by atoms with Crippen molar-refractivity contribution in [1.82, 2.24) is 10.3 Å². The van der Waals surface area contributed by atoms with Gasteiger partial charge in [-0.25, -0.2) is 4.98 Å². The summed E-state index contributed by atoms with van der Waals surface area (Å²) in [5.74, 6) is 0.424. The maximum absolute atomic E-state index is 12.1. The molecule has 1 aromatic heterocycles. The van der Waals surface area contributed by atoms with Gasteiger partial charge < -0.3 is 15.5 Å². The number of hydrogen-bond acceptors (Lipinski definition) is 4. The number of carbonyl (C=O) groups is 1. The lowest BCUT2D eigenvalue weighted by Crippen LogP contribution is -2.54. The standard InChI is InChI=1S/C18H22N4O/c1-13-12-22(14(2)10-19-13)16-8-9-17(20-11-16)21-18(23)15-6-4-3-5-7-15/h3-9,11,13-14,19H,10,12H2,1-2H3,(H,20,21,23)/t13-,14+/m0/s1. The van der Waals surface area contributed by atoms with Crippen LogP contribution >= 0.6 is 0 Å². The molecule has 0 aliphatic carbocycles. The van der Waals surface area contributed by atoms with E-state index >= 15 is 0 Å². The first kappa shape index (κ1) is 15.5. The maximum Gasteiger partial charge on any atom is 0.256 e. The number of benzene rings is 1. The van der Waals surface area contributed by atoms with E-state index in [4.69, 9.17) is 0 Å². The van der Waals surface area contributed by atoms with Gasteiger partial charge in [0.1, 0.15) is 5.82 Å². The van der Waals surface area contributed by atoms with Gasteiger partial charge >= 0.3 is 0 Å². The molecule has 0 bridgehead atoms. The molecule has 0 saturated carbocycles. The number of nitrogens with one attached hydrogen (secondary N) is 2. The number of amides is 1. The summed E-state index contributed by atoms with van der Waals surface area (Å²) in [7, 11) is 0. The van der Waals surface area contributed by atoms with Crippen molar-refractivity contribution in [2.45, 2.75) is 25.9 Å². The predicted molar refractivity (Wildman–Crippen MR) is 92.9 cm³/mol. The molecule has 23 heavy (non-hydrogen) atoms. The number of piperazine rings is 1. The van der Waals surface area contributed by atoms with Crippen molar-refractivity contribution < 1.29 is 4.79 Å². The van der Waals surface area contributed by atoms with Crippen LogP contribution in [0.2, 0.25) is 0 Å². The molecule has 2 atom stereocenters. The molecule has 1 saturated heterocycles. The molecule has 2 N–H and O–H groups in total. The van der Waals surface area contributed by atoms with Crippen LogP contribution in [0.3, 0.4) is 0 Å². The zero-order chi connectivity index (χ0) is 16.2. The second-order valence-electron chi connectivity index (χ2n) is 6.03. The lowest BCUT2D eigenvalue weighted by molar-refractivity contribution is 0.102. The lowest BCUT2D eigenvalue weighted by Gasteiger charge is -2.39. The Morgan fingerprint density at radius 3 is 2.70 bits per heavy atom. The van der Waals surface area contributed by atoms with Gasteiger partial charge in [-0.1, -0.05) is 18.2 Å². The summed E-state index contributed by atoms with van der Waals surface area (Å²) in [6, 6.07) is 13.9. The summed E-state index contributed by atoms with van der Waals surface area (Å²) in [6.07, 6.45) is 1.83. The zero-order valence-corrected chi connectivity index (χ0v) is 13.5. The Morgan fingerprint density at radius 2 is 2.00 bits per heavy atom. The Morgan fingerprint density at radius 1 is 1.22 bits per heavy atom. The largest absolute Gasteiger partial charge is 0.365 e. The molecule has 120 valence electrons. The monoisotopic (exact) mass is 310 g/mol. The molecule has 2 aromatic rings. The minimum absolute atomic E-state index is 0.144. The smallest absolute Gasteiger partial charge is 0.256 e. The number of carbonyl (C=O) groups excluding carboxylic acids is 1. The molecule has 0 spiro atoms. The van der Waals surface area contributed by atoms with E-state index in [1.807, 2.05) is 36.5 Å². The van der Waals surface area contributed by atoms with Crippen molar-refractivity contribution in [3.05, 3.63) is 54.2 Å². The first-order chi connectivity index (χ1) is 11.1. The van der Waals surface area contributed by atoms with E-state index in [2.05, 4.69) is 34.4 Å². The van der Waals surface area contributed by atoms with Crippen molar-refractivity contribution in [2.75, 3.05) is 23.3 Å². The van der Waals surface area contributed by atoms with Gasteiger partial charge in [0.25, 0.3) is 5.91 Å². The number of nitrogens with zero attached hydrogens (tertiary/aromatic N) is 2. The molecular formula is C18H22N4O. The molecule has 1 aromatic carbocycles. The van der Waals surface area contributed by atoms with E-state index < -0.39 is 0 Å². The van der Waals surface area contributed by atoms with E-state index in [9.17, 15) is 4.79 Å². The molecule has 1 aliphatic heterocycles. The fourth-order valence-corrected chi connectivity index (χ4v) is 2.79. The molecule has 1 aliphatic rings. The molecular weight excluding hydrogens is 288 g/mol. The van der Waals surface area contributed by atoms with Gasteiger partial charge in [-0.15, -0.1) is 0 Å². The first-order valence-electron chi connectivity index (χ1n) is 7.96. The third-order valence-corrected chi connectivity index (χ3v) is 4.12. The van der Waals surface area contributed by atoms with E-state index in [-0.39, 0.29) is 5.91 Å². The van der Waals surface area contributed by atoms with E-state index in [1.165, 1.54) is 0 Å². The fraction of sp³-hybridized carbons (Fsp3) is 0.333. The van der Waals surface area contributed by atoms with Gasteiger partial charge in [-0.3, -0.25) is 4.79 Å². The first-order valence-corrected chi connectivity index (χ1v) is 7.96. The molecule has 0 unspecified atom stereocenters. The Hall–Kier alpha value is -2.40. The van der Waals surface area contributed by atoms with Crippen LogP contribution in [0, 0.1) is 0 Å². The van der Waals surface area contributed by atoms with Gasteiger partial charge in [0, 0.05) is 30.7 Å². The molecule has 1 amide bonds. The molecule has 5 heteroatoms. The SMILES string of the molecule is C[C@@H]1CN[C@@H](C)CN1c1ccc(NC(=O)c2ccccc2)nc1. The van der Waals surface area contributed by atoms with E-state index in [0.29, 0.717) is 23.5 Å². The van der Waals surface area contributed by atoms with Crippen molar-refractivity contribution in [3.63, 3.8) is 0 Å². The van der Waals surface area contributed by atoms with Gasteiger partial charge in [-0.05, 0) is 38.1 Å². The Labute approximate surface area is 136 Å². The van der Waals surface area contributed by atoms with Crippen molar-refractivity contribution >= 4 is 17.4 Å². The maximum atomic E-state index is 12.1. The number of aromatic nitrogens is 1. The minimum Gasteiger partial charge on any atom is -0.365 e. The van der Waals surface area contributed by atoms with Crippen LogP contribution in [-0.4, -0.2) is 36.1 Å². The van der Waals surface area contributed by atoms with Crippen LogP contribution in [0.15, 0.2) is 48.7 Å². The van der Waals surface area contributed by atoms with Crippen LogP contribution < -0.4 is 15.5 Å². The Balaban J connectivity index is 1.68. The third kappa shape index (κ3) is 3.68. The van der Waals surface area contributed by atoms with Crippen molar-refractivity contribution in [2.24, 2.45) is 0 Å². The summed E-state index contributed by atoms with van der Waals surface area (Å²) in [6.45, 7) is 6.30. The highest BCUT2D eigenvalue weighted by molar-refractivity contribution is 6.03. The van der Waals surface area contributed by atoms with Gasteiger partial charge in [0.15, 0.2) is 0 Å². The van der Waals surface area contributed by atoms with E-state index in [0.717, 1.165) is 18.8 Å². The predicted octanol–water partition coefficient (Wildman–Crippen LogP) is 2.52. The lowest BCUT2D eigenvalue weighted by atomic mass is 10.1. The zero-order valence-electron chi connectivity index (χ0n) is 13.5. The molecule has 5 nitrogen and oxygen atoms in total. The van der Waals surface area contributed by atoms with Crippen LogP contribution in [0.4, 0.5) is 11.5 Å². The Kier molecular flexibility index (Phi) is 4.57. The van der Waals surface area contributed by atoms with Crippen LogP contribution in [0.5, 0.6) is 0 Å². The molecule has 0 radical (unpaired) electrons. The van der Waals surface area contributed by atoms with Crippen molar-refractivity contribution in [3.8, 4) is 0 Å². The summed E-state index contributed by atoms with van der Waals surface area (Å²) < 4.78 is 0. The summed E-state index contributed by atoms with van der Waals surface area (Å²) >= 11 is 0. The van der Waals surface area contributed by atoms with Gasteiger partial charge in [0.2, 0.25) is 0 Å². The van der Waals surface area contributed by atoms with Crippen LogP contribution in [-0.2, 0) is 0 Å². The summed E-state index contributed by atoms with van der Waals surface area (Å²) in [5.41, 5.74) is 1.71.